The molecule has 1 rings (SSSR count). The second-order valence-electron chi connectivity index (χ2n) is 4.68. The molecule has 0 unspecified atom stereocenters. The van der Waals surface area contributed by atoms with Crippen LogP contribution in [0.5, 0.6) is 0 Å². The third-order valence-corrected chi connectivity index (χ3v) is 3.33. The van der Waals surface area contributed by atoms with Gasteiger partial charge in [-0.1, -0.05) is 44.9 Å². The Labute approximate surface area is 107 Å². The van der Waals surface area contributed by atoms with Crippen molar-refractivity contribution < 1.29 is 1.43 Å². The van der Waals surface area contributed by atoms with Crippen LogP contribution in [0.25, 0.3) is 5.57 Å². The van der Waals surface area contributed by atoms with Crippen LogP contribution in [0.4, 0.5) is 0 Å². The van der Waals surface area contributed by atoms with E-state index in [2.05, 4.69) is 58.7 Å². The van der Waals surface area contributed by atoms with Gasteiger partial charge in [0.15, 0.2) is 0 Å². The highest BCUT2D eigenvalue weighted by atomic mass is 14.2. The predicted molar refractivity (Wildman–Crippen MR) is 79.3 cm³/mol. The minimum atomic E-state index is 0. The SMILES string of the molecule is C#Cc1c(/C(C)=C\C)ccc(C(C)C)c1CC.[HH]. The molecule has 0 bridgehead atoms. The summed E-state index contributed by atoms with van der Waals surface area (Å²) in [5, 5.41) is 0. The second kappa shape index (κ2) is 5.73. The van der Waals surface area contributed by atoms with Gasteiger partial charge in [-0.15, -0.1) is 6.42 Å². The van der Waals surface area contributed by atoms with Gasteiger partial charge >= 0.3 is 0 Å². The van der Waals surface area contributed by atoms with Gasteiger partial charge < -0.3 is 0 Å². The quantitative estimate of drug-likeness (QED) is 0.637. The smallest absolute Gasteiger partial charge is 0.0352 e. The molecule has 0 saturated heterocycles. The van der Waals surface area contributed by atoms with E-state index in [1.165, 1.54) is 22.3 Å². The fourth-order valence-corrected chi connectivity index (χ4v) is 2.23. The lowest BCUT2D eigenvalue weighted by molar-refractivity contribution is 0.842. The summed E-state index contributed by atoms with van der Waals surface area (Å²) >= 11 is 0. The van der Waals surface area contributed by atoms with Crippen molar-refractivity contribution in [2.24, 2.45) is 0 Å². The Bertz CT molecular complexity index is 473. The van der Waals surface area contributed by atoms with Gasteiger partial charge in [0, 0.05) is 6.99 Å². The number of rotatable bonds is 3. The molecule has 0 radical (unpaired) electrons. The summed E-state index contributed by atoms with van der Waals surface area (Å²) in [5.74, 6) is 3.41. The van der Waals surface area contributed by atoms with Crippen LogP contribution in [0.1, 0.15) is 64.2 Å². The van der Waals surface area contributed by atoms with Crippen molar-refractivity contribution in [2.45, 2.75) is 47.0 Å². The van der Waals surface area contributed by atoms with Crippen molar-refractivity contribution >= 4 is 5.57 Å². The zero-order chi connectivity index (χ0) is 13.0. The Kier molecular flexibility index (Phi) is 4.58. The minimum absolute atomic E-state index is 0. The van der Waals surface area contributed by atoms with E-state index in [-0.39, 0.29) is 1.43 Å². The molecular formula is C17H24. The molecule has 0 aliphatic carbocycles. The third-order valence-electron chi connectivity index (χ3n) is 3.33. The first-order valence-corrected chi connectivity index (χ1v) is 6.32. The van der Waals surface area contributed by atoms with E-state index in [0.29, 0.717) is 5.92 Å². The molecule has 92 valence electrons. The van der Waals surface area contributed by atoms with Crippen LogP contribution in [0.3, 0.4) is 0 Å². The van der Waals surface area contributed by atoms with Gasteiger partial charge in [0.05, 0.1) is 0 Å². The Hall–Kier alpha value is -1.48. The normalized spacial score (nSPS) is 11.7. The van der Waals surface area contributed by atoms with E-state index < -0.39 is 0 Å². The molecule has 0 N–H and O–H groups in total. The topological polar surface area (TPSA) is 0 Å². The summed E-state index contributed by atoms with van der Waals surface area (Å²) in [4.78, 5) is 0. The van der Waals surface area contributed by atoms with Gasteiger partial charge in [-0.2, -0.15) is 0 Å². The van der Waals surface area contributed by atoms with Gasteiger partial charge in [0.25, 0.3) is 0 Å². The van der Waals surface area contributed by atoms with Crippen molar-refractivity contribution in [3.8, 4) is 12.3 Å². The highest BCUT2D eigenvalue weighted by molar-refractivity contribution is 5.71. The van der Waals surface area contributed by atoms with Gasteiger partial charge in [0.2, 0.25) is 0 Å². The molecule has 0 spiro atoms. The molecule has 0 nitrogen and oxygen atoms in total. The van der Waals surface area contributed by atoms with Gasteiger partial charge in [-0.3, -0.25) is 0 Å². The zero-order valence-corrected chi connectivity index (χ0v) is 11.6. The van der Waals surface area contributed by atoms with Crippen LogP contribution in [-0.2, 0) is 6.42 Å². The van der Waals surface area contributed by atoms with Crippen LogP contribution < -0.4 is 0 Å². The molecule has 0 aliphatic rings. The fourth-order valence-electron chi connectivity index (χ4n) is 2.23. The number of benzene rings is 1. The van der Waals surface area contributed by atoms with Crippen molar-refractivity contribution in [1.29, 1.82) is 0 Å². The molecule has 0 fully saturated rings. The molecule has 1 aromatic carbocycles. The van der Waals surface area contributed by atoms with Gasteiger partial charge in [-0.05, 0) is 48.4 Å². The number of hydrogen-bond acceptors (Lipinski definition) is 0. The second-order valence-corrected chi connectivity index (χ2v) is 4.68. The van der Waals surface area contributed by atoms with E-state index in [1.54, 1.807) is 0 Å². The van der Waals surface area contributed by atoms with Crippen molar-refractivity contribution in [1.82, 2.24) is 0 Å². The molecule has 0 aromatic heterocycles. The number of allylic oxidation sites excluding steroid dienone is 2. The van der Waals surface area contributed by atoms with Gasteiger partial charge in [0.1, 0.15) is 0 Å². The maximum atomic E-state index is 5.71. The van der Waals surface area contributed by atoms with E-state index in [0.717, 1.165) is 12.0 Å². The van der Waals surface area contributed by atoms with Crippen molar-refractivity contribution in [2.75, 3.05) is 0 Å². The van der Waals surface area contributed by atoms with Crippen LogP contribution >= 0.6 is 0 Å². The lowest BCUT2D eigenvalue weighted by atomic mass is 9.87. The molecule has 17 heavy (non-hydrogen) atoms. The Balaban J connectivity index is 0.00000289. The fraction of sp³-hybridized carbons (Fsp3) is 0.412. The van der Waals surface area contributed by atoms with Crippen LogP contribution in [-0.4, -0.2) is 0 Å². The van der Waals surface area contributed by atoms with Crippen molar-refractivity contribution in [3.05, 3.63) is 40.5 Å². The molecule has 0 heteroatoms. The first kappa shape index (κ1) is 13.6. The van der Waals surface area contributed by atoms with Crippen LogP contribution in [0.2, 0.25) is 0 Å². The lowest BCUT2D eigenvalue weighted by Gasteiger charge is -2.17. The summed E-state index contributed by atoms with van der Waals surface area (Å²) in [6.07, 6.45) is 8.82. The monoisotopic (exact) mass is 228 g/mol. The molecular weight excluding hydrogens is 204 g/mol. The van der Waals surface area contributed by atoms with E-state index in [1.807, 2.05) is 0 Å². The highest BCUT2D eigenvalue weighted by Gasteiger charge is 2.13. The zero-order valence-electron chi connectivity index (χ0n) is 11.6. The van der Waals surface area contributed by atoms with Crippen LogP contribution in [0, 0.1) is 12.3 Å². The predicted octanol–water partition coefficient (Wildman–Crippen LogP) is 5.02. The largest absolute Gasteiger partial charge is 0.115 e. The summed E-state index contributed by atoms with van der Waals surface area (Å²) in [6.45, 7) is 10.8. The Morgan fingerprint density at radius 1 is 1.47 bits per heavy atom. The maximum Gasteiger partial charge on any atom is 0.0352 e. The molecule has 1 aromatic rings. The first-order chi connectivity index (χ1) is 8.06. The third kappa shape index (κ3) is 2.61. The summed E-state index contributed by atoms with van der Waals surface area (Å²) in [5.41, 5.74) is 6.25. The summed E-state index contributed by atoms with van der Waals surface area (Å²) in [7, 11) is 0. The summed E-state index contributed by atoms with van der Waals surface area (Å²) in [6, 6.07) is 4.39. The molecule has 0 aliphatic heterocycles. The standard InChI is InChI=1S/C17H22.H2/c1-7-13(6)17-11-10-16(12(4)5)14(8-2)15(17)9-3;/h3,7,10-12H,8H2,1-2,4-6H3;1H/b13-7-;. The molecule has 0 heterocycles. The lowest BCUT2D eigenvalue weighted by Crippen LogP contribution is -2.02. The Morgan fingerprint density at radius 2 is 2.12 bits per heavy atom. The number of terminal acetylenes is 1. The van der Waals surface area contributed by atoms with E-state index in [9.17, 15) is 0 Å². The first-order valence-electron chi connectivity index (χ1n) is 6.32. The number of hydrogen-bond donors (Lipinski definition) is 0. The average molecular weight is 228 g/mol. The van der Waals surface area contributed by atoms with E-state index >= 15 is 0 Å². The minimum Gasteiger partial charge on any atom is -0.115 e. The Morgan fingerprint density at radius 3 is 2.53 bits per heavy atom. The molecule has 0 saturated carbocycles. The molecule has 0 atom stereocenters. The summed E-state index contributed by atoms with van der Waals surface area (Å²) < 4.78 is 0. The average Bonchev–Trinajstić information content (AvgIpc) is 2.35. The van der Waals surface area contributed by atoms with Crippen molar-refractivity contribution in [3.63, 3.8) is 0 Å². The molecule has 0 amide bonds. The van der Waals surface area contributed by atoms with Gasteiger partial charge in [-0.25, -0.2) is 0 Å². The van der Waals surface area contributed by atoms with Crippen LogP contribution in [0.15, 0.2) is 18.2 Å². The van der Waals surface area contributed by atoms with E-state index in [4.69, 9.17) is 6.42 Å². The maximum absolute atomic E-state index is 5.71. The highest BCUT2D eigenvalue weighted by Crippen LogP contribution is 2.29.